The zero-order valence-electron chi connectivity index (χ0n) is 17.7. The van der Waals surface area contributed by atoms with Gasteiger partial charge in [0.1, 0.15) is 12.4 Å². The van der Waals surface area contributed by atoms with Gasteiger partial charge in [0.25, 0.3) is 0 Å². The van der Waals surface area contributed by atoms with Crippen LogP contribution in [0.4, 0.5) is 4.79 Å². The summed E-state index contributed by atoms with van der Waals surface area (Å²) in [6.07, 6.45) is 4.91. The van der Waals surface area contributed by atoms with Crippen molar-refractivity contribution in [2.45, 2.75) is 39.7 Å². The van der Waals surface area contributed by atoms with Gasteiger partial charge in [0, 0.05) is 18.7 Å². The maximum absolute atomic E-state index is 12.4. The lowest BCUT2D eigenvalue weighted by atomic mass is 9.69. The highest BCUT2D eigenvalue weighted by Crippen LogP contribution is 2.44. The van der Waals surface area contributed by atoms with Gasteiger partial charge in [-0.05, 0) is 41.9 Å². The monoisotopic (exact) mass is 393 g/mol. The van der Waals surface area contributed by atoms with Crippen LogP contribution in [0.3, 0.4) is 0 Å². The number of amides is 1. The van der Waals surface area contributed by atoms with Crippen molar-refractivity contribution in [1.82, 2.24) is 4.90 Å². The quantitative estimate of drug-likeness (QED) is 0.674. The highest BCUT2D eigenvalue weighted by molar-refractivity contribution is 5.69. The van der Waals surface area contributed by atoms with Crippen LogP contribution in [0, 0.1) is 5.41 Å². The third-order valence-corrected chi connectivity index (χ3v) is 5.71. The van der Waals surface area contributed by atoms with Crippen LogP contribution in [-0.4, -0.2) is 31.2 Å². The van der Waals surface area contributed by atoms with E-state index in [1.54, 1.807) is 7.11 Å². The second-order valence-electron chi connectivity index (χ2n) is 7.44. The molecule has 1 fully saturated rings. The summed E-state index contributed by atoms with van der Waals surface area (Å²) in [4.78, 5) is 14.3. The van der Waals surface area contributed by atoms with Crippen LogP contribution in [-0.2, 0) is 22.5 Å². The number of ether oxygens (including phenoxy) is 2. The van der Waals surface area contributed by atoms with Crippen molar-refractivity contribution in [1.29, 1.82) is 0 Å². The number of nitrogens with zero attached hydrogens (tertiary/aromatic N) is 1. The van der Waals surface area contributed by atoms with Crippen LogP contribution >= 0.6 is 0 Å². The van der Waals surface area contributed by atoms with Crippen molar-refractivity contribution in [2.75, 3.05) is 20.2 Å². The van der Waals surface area contributed by atoms with Gasteiger partial charge < -0.3 is 14.4 Å². The first-order chi connectivity index (χ1) is 14.2. The van der Waals surface area contributed by atoms with E-state index in [1.807, 2.05) is 49.1 Å². The average Bonchev–Trinajstić information content (AvgIpc) is 2.79. The Kier molecular flexibility index (Phi) is 6.97. The molecular weight excluding hydrogens is 362 g/mol. The second-order valence-corrected chi connectivity index (χ2v) is 7.44. The summed E-state index contributed by atoms with van der Waals surface area (Å²) in [7, 11) is 1.73. The first-order valence-electron chi connectivity index (χ1n) is 10.5. The van der Waals surface area contributed by atoms with Crippen molar-refractivity contribution in [3.05, 3.63) is 77.4 Å². The predicted molar refractivity (Wildman–Crippen MR) is 116 cm³/mol. The van der Waals surface area contributed by atoms with Gasteiger partial charge in [-0.25, -0.2) is 4.79 Å². The molecule has 2 aromatic carbocycles. The minimum Gasteiger partial charge on any atom is -0.496 e. The molecule has 0 N–H and O–H groups in total. The van der Waals surface area contributed by atoms with Gasteiger partial charge in [-0.1, -0.05) is 68.4 Å². The molecule has 2 aromatic rings. The summed E-state index contributed by atoms with van der Waals surface area (Å²) in [5.41, 5.74) is 3.60. The minimum atomic E-state index is -0.221. The van der Waals surface area contributed by atoms with Gasteiger partial charge >= 0.3 is 6.09 Å². The molecule has 1 heterocycles. The van der Waals surface area contributed by atoms with Crippen molar-refractivity contribution in [3.8, 4) is 0 Å². The van der Waals surface area contributed by atoms with Crippen LogP contribution in [0.25, 0.3) is 5.76 Å². The minimum absolute atomic E-state index is 0.0654. The third kappa shape index (κ3) is 4.81. The number of likely N-dealkylation sites (tertiary alicyclic amines) is 1. The molecular formula is C25H31NO3. The first kappa shape index (κ1) is 21.0. The highest BCUT2D eigenvalue weighted by Gasteiger charge is 2.38. The van der Waals surface area contributed by atoms with E-state index in [4.69, 9.17) is 9.47 Å². The Morgan fingerprint density at radius 1 is 1.00 bits per heavy atom. The average molecular weight is 394 g/mol. The number of carbonyl (C=O) groups is 1. The number of hydrogen-bond donors (Lipinski definition) is 0. The Morgan fingerprint density at radius 3 is 2.34 bits per heavy atom. The molecule has 0 bridgehead atoms. The maximum atomic E-state index is 12.4. The van der Waals surface area contributed by atoms with Gasteiger partial charge in [-0.3, -0.25) is 0 Å². The summed E-state index contributed by atoms with van der Waals surface area (Å²) in [5.74, 6) is 0.956. The molecule has 29 heavy (non-hydrogen) atoms. The number of carbonyl (C=O) groups excluding carboxylic acids is 1. The molecule has 0 unspecified atom stereocenters. The summed E-state index contributed by atoms with van der Waals surface area (Å²) >= 11 is 0. The van der Waals surface area contributed by atoms with E-state index in [0.717, 1.165) is 30.6 Å². The topological polar surface area (TPSA) is 38.8 Å². The molecule has 1 spiro atoms. The first-order valence-corrected chi connectivity index (χ1v) is 10.5. The molecule has 1 amide bonds. The van der Waals surface area contributed by atoms with Gasteiger partial charge in [-0.2, -0.15) is 0 Å². The Morgan fingerprint density at radius 2 is 1.66 bits per heavy atom. The zero-order valence-corrected chi connectivity index (χ0v) is 17.7. The normalized spacial score (nSPS) is 16.8. The van der Waals surface area contributed by atoms with Gasteiger partial charge in [0.2, 0.25) is 0 Å². The Balaban J connectivity index is 0.00000117. The lowest BCUT2D eigenvalue weighted by Crippen LogP contribution is -2.44. The van der Waals surface area contributed by atoms with E-state index in [9.17, 15) is 4.79 Å². The predicted octanol–water partition coefficient (Wildman–Crippen LogP) is 5.68. The number of methoxy groups -OCH3 is 1. The van der Waals surface area contributed by atoms with Crippen LogP contribution in [0.15, 0.2) is 60.7 Å². The number of rotatable bonds is 3. The third-order valence-electron chi connectivity index (χ3n) is 5.71. The van der Waals surface area contributed by atoms with E-state index >= 15 is 0 Å². The summed E-state index contributed by atoms with van der Waals surface area (Å²) < 4.78 is 11.2. The van der Waals surface area contributed by atoms with E-state index in [-0.39, 0.29) is 11.5 Å². The number of piperidine rings is 1. The molecule has 4 nitrogen and oxygen atoms in total. The van der Waals surface area contributed by atoms with Crippen molar-refractivity contribution < 1.29 is 14.3 Å². The van der Waals surface area contributed by atoms with Crippen LogP contribution in [0.2, 0.25) is 0 Å². The fraction of sp³-hybridized carbons (Fsp3) is 0.400. The van der Waals surface area contributed by atoms with Crippen LogP contribution < -0.4 is 0 Å². The van der Waals surface area contributed by atoms with E-state index in [0.29, 0.717) is 19.7 Å². The van der Waals surface area contributed by atoms with Crippen LogP contribution in [0.5, 0.6) is 0 Å². The lowest BCUT2D eigenvalue weighted by molar-refractivity contribution is 0.0717. The van der Waals surface area contributed by atoms with Crippen LogP contribution in [0.1, 0.15) is 43.4 Å². The van der Waals surface area contributed by atoms with E-state index < -0.39 is 0 Å². The molecule has 1 saturated heterocycles. The molecule has 4 rings (SSSR count). The van der Waals surface area contributed by atoms with Gasteiger partial charge in [0.15, 0.2) is 0 Å². The maximum Gasteiger partial charge on any atom is 0.410 e. The standard InChI is InChI=1S/C23H25NO3.C2H6/c1-26-21-16-23(15-19-9-5-6-10-20(19)21)11-13-24(14-12-23)22(25)27-17-18-7-3-2-4-8-18;1-2/h2-10,16H,11-15,17H2,1H3;1-2H3. The van der Waals surface area contributed by atoms with E-state index in [1.165, 1.54) is 11.1 Å². The Labute approximate surface area is 174 Å². The summed E-state index contributed by atoms with van der Waals surface area (Å²) in [5, 5.41) is 0. The molecule has 0 atom stereocenters. The Hall–Kier alpha value is -2.75. The molecule has 1 aliphatic carbocycles. The molecule has 0 aromatic heterocycles. The zero-order chi connectivity index (χ0) is 20.7. The highest BCUT2D eigenvalue weighted by atomic mass is 16.6. The summed E-state index contributed by atoms with van der Waals surface area (Å²) in [6, 6.07) is 18.2. The van der Waals surface area contributed by atoms with Gasteiger partial charge in [-0.15, -0.1) is 0 Å². The van der Waals surface area contributed by atoms with E-state index in [2.05, 4.69) is 30.3 Å². The second kappa shape index (κ2) is 9.64. The molecule has 0 saturated carbocycles. The molecule has 4 heteroatoms. The van der Waals surface area contributed by atoms with Crippen molar-refractivity contribution >= 4 is 11.9 Å². The number of allylic oxidation sites excluding steroid dienone is 1. The fourth-order valence-electron chi connectivity index (χ4n) is 4.14. The molecule has 0 radical (unpaired) electrons. The van der Waals surface area contributed by atoms with Gasteiger partial charge in [0.05, 0.1) is 7.11 Å². The largest absolute Gasteiger partial charge is 0.496 e. The Bertz CT molecular complexity index is 836. The molecule has 2 aliphatic rings. The number of benzene rings is 2. The SMILES string of the molecule is CC.COC1=CC2(CCN(C(=O)OCc3ccccc3)CC2)Cc2ccccc21. The van der Waals surface area contributed by atoms with Crippen molar-refractivity contribution in [2.24, 2.45) is 5.41 Å². The van der Waals surface area contributed by atoms with Crippen molar-refractivity contribution in [3.63, 3.8) is 0 Å². The fourth-order valence-corrected chi connectivity index (χ4v) is 4.14. The molecule has 154 valence electrons. The smallest absolute Gasteiger partial charge is 0.410 e. The molecule has 1 aliphatic heterocycles. The number of hydrogen-bond acceptors (Lipinski definition) is 3. The number of fused-ring (bicyclic) bond motifs is 1. The lowest BCUT2D eigenvalue weighted by Gasteiger charge is -2.42. The summed E-state index contributed by atoms with van der Waals surface area (Å²) in [6.45, 7) is 5.75.